The van der Waals surface area contributed by atoms with E-state index in [1.807, 2.05) is 0 Å². The Hall–Kier alpha value is -1.47. The fraction of sp³-hybridized carbons (Fsp3) is 0.273. The van der Waals surface area contributed by atoms with Crippen LogP contribution in [0.4, 0.5) is 5.69 Å². The van der Waals surface area contributed by atoms with Gasteiger partial charge in [0.25, 0.3) is 0 Å². The molecule has 0 aliphatic carbocycles. The van der Waals surface area contributed by atoms with Crippen LogP contribution in [0, 0.1) is 12.3 Å². The van der Waals surface area contributed by atoms with Gasteiger partial charge < -0.3 is 0 Å². The van der Waals surface area contributed by atoms with Crippen LogP contribution in [0.2, 0.25) is 0 Å². The van der Waals surface area contributed by atoms with Crippen molar-refractivity contribution in [2.75, 3.05) is 16.6 Å². The molecule has 2 rings (SSSR count). The number of hydrogen-bond donors (Lipinski definition) is 0. The van der Waals surface area contributed by atoms with Crippen LogP contribution in [0.5, 0.6) is 0 Å². The molecule has 0 spiro atoms. The summed E-state index contributed by atoms with van der Waals surface area (Å²) in [5, 5.41) is 0. The molecule has 0 bridgehead atoms. The number of nitrogens with zero attached hydrogens (tertiary/aromatic N) is 1. The quantitative estimate of drug-likeness (QED) is 0.668. The van der Waals surface area contributed by atoms with E-state index in [4.69, 9.17) is 6.42 Å². The molecule has 1 aliphatic rings. The van der Waals surface area contributed by atoms with Gasteiger partial charge in [0, 0.05) is 12.1 Å². The topological polar surface area (TPSA) is 37.4 Å². The molecule has 0 atom stereocenters. The van der Waals surface area contributed by atoms with Gasteiger partial charge in [-0.2, -0.15) is 0 Å². The Labute approximate surface area is 89.8 Å². The summed E-state index contributed by atoms with van der Waals surface area (Å²) in [6.07, 6.45) is 5.95. The van der Waals surface area contributed by atoms with E-state index in [9.17, 15) is 8.42 Å². The second-order valence-electron chi connectivity index (χ2n) is 3.44. The van der Waals surface area contributed by atoms with Gasteiger partial charge >= 0.3 is 0 Å². The summed E-state index contributed by atoms with van der Waals surface area (Å²) >= 11 is 0. The highest BCUT2D eigenvalue weighted by molar-refractivity contribution is 7.93. The van der Waals surface area contributed by atoms with E-state index in [2.05, 4.69) is 5.92 Å². The number of hydrogen-bond acceptors (Lipinski definition) is 2. The molecule has 1 fully saturated rings. The first-order valence-electron chi connectivity index (χ1n) is 4.70. The van der Waals surface area contributed by atoms with Crippen molar-refractivity contribution in [1.82, 2.24) is 0 Å². The number of benzene rings is 1. The SMILES string of the molecule is C#Cc1cccc(N2CCCS2(=O)=O)c1. The lowest BCUT2D eigenvalue weighted by Crippen LogP contribution is -2.24. The van der Waals surface area contributed by atoms with Crippen LogP contribution in [-0.4, -0.2) is 20.7 Å². The van der Waals surface area contributed by atoms with Gasteiger partial charge in [0.2, 0.25) is 10.0 Å². The van der Waals surface area contributed by atoms with Crippen LogP contribution in [0.3, 0.4) is 0 Å². The summed E-state index contributed by atoms with van der Waals surface area (Å²) in [7, 11) is -3.10. The third-order valence-corrected chi connectivity index (χ3v) is 4.27. The molecule has 0 unspecified atom stereocenters. The Kier molecular flexibility index (Phi) is 2.41. The summed E-state index contributed by atoms with van der Waals surface area (Å²) in [5.41, 5.74) is 1.37. The smallest absolute Gasteiger partial charge is 0.235 e. The van der Waals surface area contributed by atoms with Gasteiger partial charge in [-0.25, -0.2) is 8.42 Å². The highest BCUT2D eigenvalue weighted by atomic mass is 32.2. The van der Waals surface area contributed by atoms with E-state index in [-0.39, 0.29) is 5.75 Å². The van der Waals surface area contributed by atoms with Gasteiger partial charge in [-0.1, -0.05) is 12.0 Å². The lowest BCUT2D eigenvalue weighted by molar-refractivity contribution is 0.599. The number of sulfonamides is 1. The highest BCUT2D eigenvalue weighted by Crippen LogP contribution is 2.24. The zero-order valence-electron chi connectivity index (χ0n) is 8.18. The lowest BCUT2D eigenvalue weighted by Gasteiger charge is -2.16. The molecule has 1 aromatic carbocycles. The van der Waals surface area contributed by atoms with E-state index < -0.39 is 10.0 Å². The van der Waals surface area contributed by atoms with Gasteiger partial charge in [0.15, 0.2) is 0 Å². The molecule has 0 amide bonds. The van der Waals surface area contributed by atoms with Crippen LogP contribution in [0.1, 0.15) is 12.0 Å². The first-order valence-corrected chi connectivity index (χ1v) is 6.31. The largest absolute Gasteiger partial charge is 0.270 e. The van der Waals surface area contributed by atoms with Gasteiger partial charge in [-0.15, -0.1) is 6.42 Å². The van der Waals surface area contributed by atoms with Crippen molar-refractivity contribution in [3.05, 3.63) is 29.8 Å². The Morgan fingerprint density at radius 1 is 1.40 bits per heavy atom. The summed E-state index contributed by atoms with van der Waals surface area (Å²) in [6, 6.07) is 7.05. The monoisotopic (exact) mass is 221 g/mol. The first-order chi connectivity index (χ1) is 7.13. The minimum Gasteiger partial charge on any atom is -0.270 e. The normalized spacial score (nSPS) is 18.7. The van der Waals surface area contributed by atoms with Crippen molar-refractivity contribution >= 4 is 15.7 Å². The number of rotatable bonds is 1. The predicted molar refractivity (Wildman–Crippen MR) is 60.1 cm³/mol. The van der Waals surface area contributed by atoms with Crippen molar-refractivity contribution in [3.63, 3.8) is 0 Å². The summed E-state index contributed by atoms with van der Waals surface area (Å²) in [4.78, 5) is 0. The molecule has 1 aliphatic heterocycles. The molecule has 4 heteroatoms. The summed E-state index contributed by atoms with van der Waals surface area (Å²) in [6.45, 7) is 0.552. The van der Waals surface area contributed by atoms with E-state index in [1.54, 1.807) is 24.3 Å². The third kappa shape index (κ3) is 1.83. The number of anilines is 1. The summed E-state index contributed by atoms with van der Waals surface area (Å²) < 4.78 is 24.7. The van der Waals surface area contributed by atoms with Crippen LogP contribution in [-0.2, 0) is 10.0 Å². The highest BCUT2D eigenvalue weighted by Gasteiger charge is 2.28. The Bertz CT molecular complexity index is 514. The second kappa shape index (κ2) is 3.59. The first kappa shape index (κ1) is 10.1. The van der Waals surface area contributed by atoms with E-state index in [0.29, 0.717) is 24.2 Å². The van der Waals surface area contributed by atoms with Gasteiger partial charge in [0.05, 0.1) is 11.4 Å². The third-order valence-electron chi connectivity index (χ3n) is 2.40. The minimum absolute atomic E-state index is 0.229. The molecule has 0 radical (unpaired) electrons. The van der Waals surface area contributed by atoms with Crippen molar-refractivity contribution in [3.8, 4) is 12.3 Å². The summed E-state index contributed by atoms with van der Waals surface area (Å²) in [5.74, 6) is 2.73. The van der Waals surface area contributed by atoms with Crippen LogP contribution < -0.4 is 4.31 Å². The standard InChI is InChI=1S/C11H11NO2S/c1-2-10-5-3-6-11(9-10)12-7-4-8-15(12,13)14/h1,3,5-6,9H,4,7-8H2. The van der Waals surface area contributed by atoms with Gasteiger partial charge in [-0.3, -0.25) is 4.31 Å². The van der Waals surface area contributed by atoms with Crippen LogP contribution >= 0.6 is 0 Å². The maximum absolute atomic E-state index is 11.6. The minimum atomic E-state index is -3.10. The molecular weight excluding hydrogens is 210 g/mol. The number of terminal acetylenes is 1. The van der Waals surface area contributed by atoms with Crippen molar-refractivity contribution in [1.29, 1.82) is 0 Å². The Morgan fingerprint density at radius 3 is 2.80 bits per heavy atom. The molecule has 0 N–H and O–H groups in total. The van der Waals surface area contributed by atoms with E-state index >= 15 is 0 Å². The Morgan fingerprint density at radius 2 is 2.20 bits per heavy atom. The predicted octanol–water partition coefficient (Wildman–Crippen LogP) is 1.21. The lowest BCUT2D eigenvalue weighted by atomic mass is 10.2. The van der Waals surface area contributed by atoms with E-state index in [0.717, 1.165) is 0 Å². The van der Waals surface area contributed by atoms with Crippen molar-refractivity contribution in [2.24, 2.45) is 0 Å². The molecule has 1 aromatic rings. The molecule has 78 valence electrons. The van der Waals surface area contributed by atoms with Crippen molar-refractivity contribution in [2.45, 2.75) is 6.42 Å². The molecule has 1 saturated heterocycles. The fourth-order valence-electron chi connectivity index (χ4n) is 1.68. The Balaban J connectivity index is 2.43. The fourth-order valence-corrected chi connectivity index (χ4v) is 3.24. The van der Waals surface area contributed by atoms with Crippen LogP contribution in [0.25, 0.3) is 0 Å². The molecular formula is C11H11NO2S. The van der Waals surface area contributed by atoms with E-state index in [1.165, 1.54) is 4.31 Å². The zero-order chi connectivity index (χ0) is 10.9. The van der Waals surface area contributed by atoms with Crippen molar-refractivity contribution < 1.29 is 8.42 Å². The maximum Gasteiger partial charge on any atom is 0.235 e. The zero-order valence-corrected chi connectivity index (χ0v) is 9.00. The average Bonchev–Trinajstić information content (AvgIpc) is 2.58. The molecule has 1 heterocycles. The second-order valence-corrected chi connectivity index (χ2v) is 5.45. The average molecular weight is 221 g/mol. The van der Waals surface area contributed by atoms with Gasteiger partial charge in [-0.05, 0) is 24.6 Å². The maximum atomic E-state index is 11.6. The van der Waals surface area contributed by atoms with Gasteiger partial charge in [0.1, 0.15) is 0 Å². The molecule has 15 heavy (non-hydrogen) atoms. The molecule has 0 saturated carbocycles. The molecule has 3 nitrogen and oxygen atoms in total. The van der Waals surface area contributed by atoms with Crippen LogP contribution in [0.15, 0.2) is 24.3 Å². The molecule has 0 aromatic heterocycles.